The molecule has 3 aliphatic rings. The number of carbonyl (C=O) groups is 2. The average molecular weight is 844 g/mol. The van der Waals surface area contributed by atoms with Crippen molar-refractivity contribution in [2.75, 3.05) is 33.5 Å². The number of aliphatic hydroxyl groups excluding tert-OH is 2. The summed E-state index contributed by atoms with van der Waals surface area (Å²) in [6.45, 7) is 9.28. The van der Waals surface area contributed by atoms with Gasteiger partial charge in [-0.2, -0.15) is 0 Å². The molecule has 61 heavy (non-hydrogen) atoms. The molecule has 1 aliphatic heterocycles. The summed E-state index contributed by atoms with van der Waals surface area (Å²) in [5.74, 6) is -0.756. The highest BCUT2D eigenvalue weighted by atomic mass is 16.7. The van der Waals surface area contributed by atoms with Crippen LogP contribution in [0.1, 0.15) is 140 Å². The number of likely N-dealkylation sites (N-methyl/N-ethyl adjacent to an activating group) is 1. The molecule has 0 aromatic heterocycles. The summed E-state index contributed by atoms with van der Waals surface area (Å²) in [6, 6.07) is 14.7. The molecular weight excluding hydrogens is 771 g/mol. The van der Waals surface area contributed by atoms with Gasteiger partial charge in [0, 0.05) is 51.1 Å². The van der Waals surface area contributed by atoms with E-state index in [9.17, 15) is 19.8 Å². The van der Waals surface area contributed by atoms with Gasteiger partial charge in [0.25, 0.3) is 0 Å². The lowest BCUT2D eigenvalue weighted by atomic mass is 9.55. The second-order valence-corrected chi connectivity index (χ2v) is 17.0. The van der Waals surface area contributed by atoms with Crippen LogP contribution in [-0.2, 0) is 20.9 Å². The van der Waals surface area contributed by atoms with Crippen LogP contribution in [0.4, 0.5) is 4.79 Å². The van der Waals surface area contributed by atoms with Crippen molar-refractivity contribution >= 4 is 17.7 Å². The Bertz CT molecular complexity index is 1730. The van der Waals surface area contributed by atoms with E-state index in [1.807, 2.05) is 61.3 Å². The summed E-state index contributed by atoms with van der Waals surface area (Å²) in [5, 5.41) is 27.4. The summed E-state index contributed by atoms with van der Waals surface area (Å²) >= 11 is 0. The molecule has 2 aromatic rings. The van der Waals surface area contributed by atoms with Crippen molar-refractivity contribution in [1.29, 1.82) is 0 Å². The average Bonchev–Trinajstić information content (AvgIpc) is 3.27. The van der Waals surface area contributed by atoms with E-state index in [0.717, 1.165) is 67.4 Å². The number of nitrogens with one attached hydrogen (secondary N) is 1. The Morgan fingerprint density at radius 2 is 1.64 bits per heavy atom. The van der Waals surface area contributed by atoms with Crippen molar-refractivity contribution < 1.29 is 38.9 Å². The third kappa shape index (κ3) is 12.7. The number of benzene rings is 2. The lowest BCUT2D eigenvalue weighted by Crippen LogP contribution is -2.69. The molecule has 0 bridgehead atoms. The molecule has 6 unspecified atom stereocenters. The monoisotopic (exact) mass is 844 g/mol. The molecule has 3 N–H and O–H groups in total. The van der Waals surface area contributed by atoms with E-state index in [2.05, 4.69) is 24.9 Å². The molecule has 2 amide bonds. The van der Waals surface area contributed by atoms with Gasteiger partial charge in [-0.1, -0.05) is 119 Å². The number of oxime groups is 1. The highest BCUT2D eigenvalue weighted by molar-refractivity contribution is 6.03. The van der Waals surface area contributed by atoms with Crippen LogP contribution in [0.15, 0.2) is 78.0 Å². The molecule has 1 heterocycles. The number of hydrogen-bond acceptors (Lipinski definition) is 9. The number of amides is 2. The van der Waals surface area contributed by atoms with Gasteiger partial charge in [0.05, 0.1) is 18.2 Å². The van der Waals surface area contributed by atoms with E-state index in [1.165, 1.54) is 38.5 Å². The molecule has 0 radical (unpaired) electrons. The van der Waals surface area contributed by atoms with Gasteiger partial charge in [-0.3, -0.25) is 4.79 Å². The van der Waals surface area contributed by atoms with E-state index in [0.29, 0.717) is 50.3 Å². The topological polar surface area (TPSA) is 139 Å². The number of aliphatic hydroxyl groups is 2. The van der Waals surface area contributed by atoms with Gasteiger partial charge in [-0.15, -0.1) is 6.58 Å². The number of hydrogen-bond donors (Lipinski definition) is 3. The third-order valence-corrected chi connectivity index (χ3v) is 12.8. The van der Waals surface area contributed by atoms with Crippen molar-refractivity contribution in [3.8, 4) is 11.5 Å². The molecule has 2 aliphatic carbocycles. The van der Waals surface area contributed by atoms with E-state index in [4.69, 9.17) is 24.2 Å². The molecule has 0 saturated heterocycles. The number of allylic oxidation sites excluding steroid dienone is 1. The smallest absolute Gasteiger partial charge is 0.412 e. The summed E-state index contributed by atoms with van der Waals surface area (Å²) in [4.78, 5) is 35.1. The first-order valence-electron chi connectivity index (χ1n) is 23.3. The summed E-state index contributed by atoms with van der Waals surface area (Å²) in [5.41, 5.74) is 3.59. The minimum atomic E-state index is -1.31. The molecule has 5 rings (SSSR count). The molecule has 336 valence electrons. The Labute approximate surface area is 364 Å². The zero-order valence-electron chi connectivity index (χ0n) is 37.2. The fourth-order valence-electron chi connectivity index (χ4n) is 9.78. The molecule has 11 nitrogen and oxygen atoms in total. The Kier molecular flexibility index (Phi) is 19.7. The Morgan fingerprint density at radius 1 is 0.934 bits per heavy atom. The minimum Gasteiger partial charge on any atom is -0.459 e. The Morgan fingerprint density at radius 3 is 2.33 bits per heavy atom. The van der Waals surface area contributed by atoms with Crippen LogP contribution in [-0.4, -0.2) is 78.1 Å². The standard InChI is InChI=1S/C50H73N3O8/c1-5-8-9-10-11-12-13-14-18-27-46(56)53(4)45-35-43(52-59-7-3)41-33-38(25-19-21-30-54)40(26-20-22-31-55)47-42-34-39(60-49(57)51-36-37-23-16-15-17-24-37)28-29-44(42)61-50(45,48(41)47)58-32-6-2/h6,15-17,23-24,28-29,33-34,38,40,45,47-48,54-55H,2,5,7-14,18-22,25-27,30-32,35-36H2,1,3-4H3,(H,51,57). The number of unbranched alkanes of at least 4 members (excludes halogenated alkanes) is 10. The van der Waals surface area contributed by atoms with E-state index in [1.54, 1.807) is 12.1 Å². The maximum absolute atomic E-state index is 14.3. The maximum Gasteiger partial charge on any atom is 0.412 e. The van der Waals surface area contributed by atoms with Gasteiger partial charge in [0.15, 0.2) is 0 Å². The fraction of sp³-hybridized carbons (Fsp3) is 0.620. The van der Waals surface area contributed by atoms with Crippen LogP contribution in [0.5, 0.6) is 11.5 Å². The van der Waals surface area contributed by atoms with Crippen molar-refractivity contribution in [3.63, 3.8) is 0 Å². The normalized spacial score (nSPS) is 23.3. The number of rotatable bonds is 27. The van der Waals surface area contributed by atoms with Gasteiger partial charge in [0.1, 0.15) is 24.1 Å². The molecule has 0 spiro atoms. The predicted molar refractivity (Wildman–Crippen MR) is 241 cm³/mol. The van der Waals surface area contributed by atoms with Crippen LogP contribution >= 0.6 is 0 Å². The van der Waals surface area contributed by atoms with Crippen molar-refractivity contribution in [3.05, 3.63) is 84.0 Å². The van der Waals surface area contributed by atoms with Crippen LogP contribution in [0.2, 0.25) is 0 Å². The first-order valence-corrected chi connectivity index (χ1v) is 23.3. The molecule has 2 aromatic carbocycles. The van der Waals surface area contributed by atoms with Crippen molar-refractivity contribution in [2.45, 2.75) is 147 Å². The van der Waals surface area contributed by atoms with E-state index >= 15 is 0 Å². The molecule has 11 heteroatoms. The zero-order chi connectivity index (χ0) is 43.5. The Balaban J connectivity index is 1.54. The van der Waals surface area contributed by atoms with Crippen LogP contribution in [0, 0.1) is 17.8 Å². The Hall–Kier alpha value is -4.19. The number of nitrogens with zero attached hydrogens (tertiary/aromatic N) is 2. The molecule has 1 saturated carbocycles. The summed E-state index contributed by atoms with van der Waals surface area (Å²) < 4.78 is 20.2. The lowest BCUT2D eigenvalue weighted by Gasteiger charge is -2.59. The maximum atomic E-state index is 14.3. The van der Waals surface area contributed by atoms with Crippen molar-refractivity contribution in [1.82, 2.24) is 10.2 Å². The highest BCUT2D eigenvalue weighted by Gasteiger charge is 2.65. The zero-order valence-corrected chi connectivity index (χ0v) is 37.2. The number of fused-ring (bicyclic) bond motifs is 2. The SMILES string of the molecule is C=CCOC12Oc3ccc(OC(=O)NCc4ccccc4)cc3C3C(CCCCO)C(CCCCO)C=C(C(=NOCC)CC1N(C)C(=O)CCCCCCCCCCC)C32. The van der Waals surface area contributed by atoms with Gasteiger partial charge < -0.3 is 39.5 Å². The van der Waals surface area contributed by atoms with Crippen LogP contribution in [0.25, 0.3) is 0 Å². The molecule has 6 atom stereocenters. The highest BCUT2D eigenvalue weighted by Crippen LogP contribution is 2.61. The lowest BCUT2D eigenvalue weighted by molar-refractivity contribution is -0.255. The van der Waals surface area contributed by atoms with Crippen molar-refractivity contribution in [2.24, 2.45) is 22.9 Å². The predicted octanol–water partition coefficient (Wildman–Crippen LogP) is 10.0. The van der Waals surface area contributed by atoms with Gasteiger partial charge in [-0.05, 0) is 80.2 Å². The minimum absolute atomic E-state index is 0.0334. The largest absolute Gasteiger partial charge is 0.459 e. The molecule has 1 fully saturated rings. The van der Waals surface area contributed by atoms with E-state index in [-0.39, 0.29) is 43.5 Å². The first kappa shape index (κ1) is 47.9. The summed E-state index contributed by atoms with van der Waals surface area (Å²) in [7, 11) is 1.87. The number of carbonyl (C=O) groups excluding carboxylic acids is 2. The van der Waals surface area contributed by atoms with Gasteiger partial charge in [0.2, 0.25) is 11.7 Å². The molecular formula is C50H73N3O8. The number of ether oxygens (including phenoxy) is 3. The summed E-state index contributed by atoms with van der Waals surface area (Å²) in [6.07, 6.45) is 19.4. The third-order valence-electron chi connectivity index (χ3n) is 12.8. The van der Waals surface area contributed by atoms with E-state index < -0.39 is 23.8 Å². The second kappa shape index (κ2) is 25.1. The van der Waals surface area contributed by atoms with Gasteiger partial charge >= 0.3 is 6.09 Å². The van der Waals surface area contributed by atoms with Crippen LogP contribution < -0.4 is 14.8 Å². The fourth-order valence-corrected chi connectivity index (χ4v) is 9.78. The van der Waals surface area contributed by atoms with Gasteiger partial charge in [-0.25, -0.2) is 4.79 Å². The first-order chi connectivity index (χ1) is 29.8. The van der Waals surface area contributed by atoms with Crippen LogP contribution in [0.3, 0.4) is 0 Å². The quantitative estimate of drug-likeness (QED) is 0.0459. The second-order valence-electron chi connectivity index (χ2n) is 17.0.